The number of nitrogens with two attached hydrogens (primary N) is 2. The Kier molecular flexibility index (Phi) is 10.1. The van der Waals surface area contributed by atoms with E-state index in [4.69, 9.17) is 11.5 Å². The molecule has 0 heterocycles. The first-order valence-electron chi connectivity index (χ1n) is 9.86. The van der Waals surface area contributed by atoms with Gasteiger partial charge in [-0.2, -0.15) is 0 Å². The molecule has 0 aliphatic carbocycles. The summed E-state index contributed by atoms with van der Waals surface area (Å²) in [5.74, 6) is -4.17. The molecular weight excluding hydrogens is 422 g/mol. The summed E-state index contributed by atoms with van der Waals surface area (Å²) in [5, 5.41) is 25.9. The molecule has 0 saturated heterocycles. The van der Waals surface area contributed by atoms with E-state index in [1.54, 1.807) is 0 Å². The number of amides is 4. The number of carboxylic acid groups (broad SMARTS) is 1. The van der Waals surface area contributed by atoms with E-state index in [-0.39, 0.29) is 25.0 Å². The van der Waals surface area contributed by atoms with Crippen LogP contribution in [0.2, 0.25) is 0 Å². The van der Waals surface area contributed by atoms with Crippen LogP contribution in [-0.2, 0) is 30.4 Å². The maximum Gasteiger partial charge on any atom is 0.326 e. The quantitative estimate of drug-likeness (QED) is 0.190. The molecule has 176 valence electrons. The van der Waals surface area contributed by atoms with Crippen molar-refractivity contribution in [2.75, 3.05) is 0 Å². The lowest BCUT2D eigenvalue weighted by Crippen LogP contribution is -2.56. The van der Waals surface area contributed by atoms with Crippen molar-refractivity contribution in [3.63, 3.8) is 0 Å². The van der Waals surface area contributed by atoms with Gasteiger partial charge in [0.2, 0.25) is 23.6 Å². The second-order valence-corrected chi connectivity index (χ2v) is 7.36. The maximum atomic E-state index is 12.7. The minimum absolute atomic E-state index is 0.00382. The third kappa shape index (κ3) is 9.00. The smallest absolute Gasteiger partial charge is 0.326 e. The molecule has 0 bridgehead atoms. The lowest BCUT2D eigenvalue weighted by atomic mass is 10.0. The van der Waals surface area contributed by atoms with Crippen LogP contribution in [-0.4, -0.2) is 64.0 Å². The van der Waals surface area contributed by atoms with Gasteiger partial charge in [-0.1, -0.05) is 12.1 Å². The number of primary amides is 1. The van der Waals surface area contributed by atoms with Crippen molar-refractivity contribution in [3.8, 4) is 5.75 Å². The summed E-state index contributed by atoms with van der Waals surface area (Å²) in [6, 6.07) is 1.27. The van der Waals surface area contributed by atoms with E-state index >= 15 is 0 Å². The van der Waals surface area contributed by atoms with Crippen molar-refractivity contribution in [2.24, 2.45) is 11.5 Å². The van der Waals surface area contributed by atoms with Crippen LogP contribution >= 0.6 is 0 Å². The van der Waals surface area contributed by atoms with Gasteiger partial charge in [0.15, 0.2) is 0 Å². The molecule has 12 nitrogen and oxygen atoms in total. The zero-order valence-corrected chi connectivity index (χ0v) is 17.8. The van der Waals surface area contributed by atoms with E-state index in [2.05, 4.69) is 16.0 Å². The molecule has 4 amide bonds. The topological polar surface area (TPSA) is 214 Å². The normalized spacial score (nSPS) is 14.3. The molecule has 4 atom stereocenters. The number of hydrogen-bond donors (Lipinski definition) is 7. The second kappa shape index (κ2) is 12.2. The average Bonchev–Trinajstić information content (AvgIpc) is 2.71. The third-order valence-electron chi connectivity index (χ3n) is 4.47. The number of hydrogen-bond acceptors (Lipinski definition) is 7. The molecule has 0 fully saturated rings. The second-order valence-electron chi connectivity index (χ2n) is 7.36. The van der Waals surface area contributed by atoms with E-state index in [0.717, 1.165) is 0 Å². The molecule has 1 aromatic rings. The molecule has 0 saturated carbocycles. The SMILES string of the molecule is CC(N)C(=O)NC(C)C(=O)NC(CCC(N)=O)C(=O)NC(Cc1ccc(O)cc1)C(=O)O. The molecule has 9 N–H and O–H groups in total. The number of aliphatic carboxylic acids is 1. The highest BCUT2D eigenvalue weighted by atomic mass is 16.4. The molecular formula is C20H29N5O7. The van der Waals surface area contributed by atoms with E-state index < -0.39 is 53.8 Å². The highest BCUT2D eigenvalue weighted by Gasteiger charge is 2.29. The Balaban J connectivity index is 2.90. The van der Waals surface area contributed by atoms with E-state index in [1.165, 1.54) is 38.1 Å². The van der Waals surface area contributed by atoms with Crippen LogP contribution in [0.4, 0.5) is 0 Å². The summed E-state index contributed by atoms with van der Waals surface area (Å²) < 4.78 is 0. The Labute approximate surface area is 184 Å². The Bertz CT molecular complexity index is 841. The number of phenolic OH excluding ortho intramolecular Hbond substituents is 1. The standard InChI is InChI=1S/C20H29N5O7/c1-10(21)17(28)23-11(2)18(29)24-14(7-8-16(22)27)19(30)25-15(20(31)32)9-12-3-5-13(26)6-4-12/h3-6,10-11,14-15,26H,7-9,21H2,1-2H3,(H2,22,27)(H,23,28)(H,24,29)(H,25,30)(H,31,32). The van der Waals surface area contributed by atoms with Gasteiger partial charge in [0.05, 0.1) is 6.04 Å². The van der Waals surface area contributed by atoms with Crippen LogP contribution in [0, 0.1) is 0 Å². The van der Waals surface area contributed by atoms with Crippen molar-refractivity contribution < 1.29 is 34.2 Å². The number of aromatic hydroxyl groups is 1. The van der Waals surface area contributed by atoms with Crippen molar-refractivity contribution in [1.82, 2.24) is 16.0 Å². The Hall–Kier alpha value is -3.67. The first-order valence-corrected chi connectivity index (χ1v) is 9.86. The summed E-state index contributed by atoms with van der Waals surface area (Å²) >= 11 is 0. The lowest BCUT2D eigenvalue weighted by Gasteiger charge is -2.23. The van der Waals surface area contributed by atoms with Gasteiger partial charge in [-0.05, 0) is 38.0 Å². The number of nitrogens with one attached hydrogen (secondary N) is 3. The highest BCUT2D eigenvalue weighted by molar-refractivity contribution is 5.94. The van der Waals surface area contributed by atoms with Crippen LogP contribution < -0.4 is 27.4 Å². The predicted molar refractivity (Wildman–Crippen MR) is 113 cm³/mol. The van der Waals surface area contributed by atoms with Gasteiger partial charge in [0, 0.05) is 12.8 Å². The molecule has 0 aromatic heterocycles. The fourth-order valence-electron chi connectivity index (χ4n) is 2.60. The Morgan fingerprint density at radius 3 is 1.97 bits per heavy atom. The minimum atomic E-state index is -1.34. The van der Waals surface area contributed by atoms with Gasteiger partial charge in [-0.3, -0.25) is 19.2 Å². The fraction of sp³-hybridized carbons (Fsp3) is 0.450. The van der Waals surface area contributed by atoms with Gasteiger partial charge in [-0.25, -0.2) is 4.79 Å². The number of phenols is 1. The minimum Gasteiger partial charge on any atom is -0.508 e. The van der Waals surface area contributed by atoms with Gasteiger partial charge < -0.3 is 37.6 Å². The molecule has 4 unspecified atom stereocenters. The number of rotatable bonds is 12. The third-order valence-corrected chi connectivity index (χ3v) is 4.47. The molecule has 0 aliphatic rings. The largest absolute Gasteiger partial charge is 0.508 e. The highest BCUT2D eigenvalue weighted by Crippen LogP contribution is 2.12. The van der Waals surface area contributed by atoms with Gasteiger partial charge in [0.25, 0.3) is 0 Å². The van der Waals surface area contributed by atoms with Crippen molar-refractivity contribution in [1.29, 1.82) is 0 Å². The molecule has 0 radical (unpaired) electrons. The number of benzene rings is 1. The number of carbonyl (C=O) groups is 5. The van der Waals surface area contributed by atoms with Crippen LogP contribution in [0.3, 0.4) is 0 Å². The summed E-state index contributed by atoms with van der Waals surface area (Å²) in [5.41, 5.74) is 11.1. The Morgan fingerprint density at radius 1 is 0.906 bits per heavy atom. The molecule has 0 aliphatic heterocycles. The lowest BCUT2D eigenvalue weighted by molar-refractivity contribution is -0.142. The Morgan fingerprint density at radius 2 is 1.47 bits per heavy atom. The molecule has 1 aromatic carbocycles. The molecule has 0 spiro atoms. The monoisotopic (exact) mass is 451 g/mol. The maximum absolute atomic E-state index is 12.7. The fourth-order valence-corrected chi connectivity index (χ4v) is 2.60. The first-order chi connectivity index (χ1) is 14.9. The number of carbonyl (C=O) groups excluding carboxylic acids is 4. The van der Waals surface area contributed by atoms with E-state index in [1.807, 2.05) is 0 Å². The first kappa shape index (κ1) is 26.4. The van der Waals surface area contributed by atoms with Gasteiger partial charge >= 0.3 is 5.97 Å². The average molecular weight is 451 g/mol. The zero-order valence-electron chi connectivity index (χ0n) is 17.8. The van der Waals surface area contributed by atoms with Crippen LogP contribution in [0.1, 0.15) is 32.3 Å². The van der Waals surface area contributed by atoms with Gasteiger partial charge in [0.1, 0.15) is 23.9 Å². The molecule has 12 heteroatoms. The molecule has 32 heavy (non-hydrogen) atoms. The summed E-state index contributed by atoms with van der Waals surface area (Å²) in [6.45, 7) is 2.81. The van der Waals surface area contributed by atoms with E-state index in [0.29, 0.717) is 5.56 Å². The van der Waals surface area contributed by atoms with Crippen molar-refractivity contribution >= 4 is 29.6 Å². The van der Waals surface area contributed by atoms with Gasteiger partial charge in [-0.15, -0.1) is 0 Å². The van der Waals surface area contributed by atoms with Crippen molar-refractivity contribution in [2.45, 2.75) is 57.3 Å². The van der Waals surface area contributed by atoms with E-state index in [9.17, 15) is 34.2 Å². The predicted octanol–water partition coefficient (Wildman–Crippen LogP) is -1.89. The van der Waals surface area contributed by atoms with Crippen LogP contribution in [0.5, 0.6) is 5.75 Å². The zero-order chi connectivity index (χ0) is 24.4. The van der Waals surface area contributed by atoms with Crippen LogP contribution in [0.15, 0.2) is 24.3 Å². The van der Waals surface area contributed by atoms with Crippen molar-refractivity contribution in [3.05, 3.63) is 29.8 Å². The number of carboxylic acids is 1. The van der Waals surface area contributed by atoms with Crippen LogP contribution in [0.25, 0.3) is 0 Å². The summed E-state index contributed by atoms with van der Waals surface area (Å²) in [6.07, 6.45) is -0.500. The summed E-state index contributed by atoms with van der Waals surface area (Å²) in [7, 11) is 0. The summed E-state index contributed by atoms with van der Waals surface area (Å²) in [4.78, 5) is 59.6. The molecule has 1 rings (SSSR count).